The first kappa shape index (κ1) is 12.2. The predicted molar refractivity (Wildman–Crippen MR) is 63.6 cm³/mol. The molecule has 0 heterocycles. The fourth-order valence-electron chi connectivity index (χ4n) is 1.60. The highest BCUT2D eigenvalue weighted by Gasteiger charge is 2.01. The number of nitrogens with one attached hydrogen (secondary N) is 1. The maximum absolute atomic E-state index is 8.91. The van der Waals surface area contributed by atoms with Crippen molar-refractivity contribution in [3.8, 4) is 0 Å². The topological polar surface area (TPSA) is 32.3 Å². The Kier molecular flexibility index (Phi) is 5.37. The largest absolute Gasteiger partial charge is 0.392 e. The van der Waals surface area contributed by atoms with E-state index in [9.17, 15) is 0 Å². The van der Waals surface area contributed by atoms with Gasteiger partial charge in [-0.15, -0.1) is 0 Å². The van der Waals surface area contributed by atoms with Crippen LogP contribution in [0, 0.1) is 0 Å². The summed E-state index contributed by atoms with van der Waals surface area (Å²) in [6.07, 6.45) is 2.34. The summed E-state index contributed by atoms with van der Waals surface area (Å²) in [6, 6.07) is 8.71. The maximum atomic E-state index is 8.91. The quantitative estimate of drug-likeness (QED) is 0.751. The monoisotopic (exact) mass is 207 g/mol. The van der Waals surface area contributed by atoms with Crippen molar-refractivity contribution in [2.24, 2.45) is 0 Å². The molecule has 0 aliphatic rings. The summed E-state index contributed by atoms with van der Waals surface area (Å²) in [7, 11) is 0. The Labute approximate surface area is 92.3 Å². The van der Waals surface area contributed by atoms with Gasteiger partial charge in [0.25, 0.3) is 0 Å². The van der Waals surface area contributed by atoms with Crippen LogP contribution in [0.2, 0.25) is 0 Å². The Morgan fingerprint density at radius 1 is 1.07 bits per heavy atom. The lowest BCUT2D eigenvalue weighted by Gasteiger charge is -2.14. The van der Waals surface area contributed by atoms with Crippen LogP contribution in [-0.2, 0) is 13.2 Å². The molecule has 0 saturated heterocycles. The van der Waals surface area contributed by atoms with Gasteiger partial charge in [-0.05, 0) is 24.0 Å². The van der Waals surface area contributed by atoms with Crippen LogP contribution >= 0.6 is 0 Å². The van der Waals surface area contributed by atoms with Crippen LogP contribution in [0.3, 0.4) is 0 Å². The zero-order valence-corrected chi connectivity index (χ0v) is 9.66. The lowest BCUT2D eigenvalue weighted by Crippen LogP contribution is -2.26. The van der Waals surface area contributed by atoms with E-state index in [-0.39, 0.29) is 6.61 Å². The Morgan fingerprint density at radius 3 is 2.07 bits per heavy atom. The second kappa shape index (κ2) is 6.59. The third-order valence-electron chi connectivity index (χ3n) is 2.79. The molecule has 0 bridgehead atoms. The van der Waals surface area contributed by atoms with Crippen molar-refractivity contribution >= 4 is 0 Å². The van der Waals surface area contributed by atoms with Crippen LogP contribution in [0.5, 0.6) is 0 Å². The van der Waals surface area contributed by atoms with Crippen molar-refractivity contribution in [2.75, 3.05) is 0 Å². The first-order valence-corrected chi connectivity index (χ1v) is 5.72. The smallest absolute Gasteiger partial charge is 0.0681 e. The minimum Gasteiger partial charge on any atom is -0.392 e. The van der Waals surface area contributed by atoms with E-state index in [1.807, 2.05) is 12.1 Å². The van der Waals surface area contributed by atoms with E-state index in [1.165, 1.54) is 18.4 Å². The molecule has 0 saturated carbocycles. The lowest BCUT2D eigenvalue weighted by molar-refractivity contribution is 0.282. The molecule has 0 fully saturated rings. The summed E-state index contributed by atoms with van der Waals surface area (Å²) in [5.74, 6) is 0. The average molecular weight is 207 g/mol. The molecule has 0 radical (unpaired) electrons. The molecule has 2 nitrogen and oxygen atoms in total. The number of hydrogen-bond donors (Lipinski definition) is 2. The summed E-state index contributed by atoms with van der Waals surface area (Å²) in [6.45, 7) is 5.45. The molecule has 2 heteroatoms. The van der Waals surface area contributed by atoms with Crippen LogP contribution in [0.1, 0.15) is 37.8 Å². The van der Waals surface area contributed by atoms with Crippen molar-refractivity contribution in [1.82, 2.24) is 5.32 Å². The summed E-state index contributed by atoms with van der Waals surface area (Å²) < 4.78 is 0. The lowest BCUT2D eigenvalue weighted by atomic mass is 10.1. The van der Waals surface area contributed by atoms with E-state index >= 15 is 0 Å². The summed E-state index contributed by atoms with van der Waals surface area (Å²) in [5.41, 5.74) is 2.25. The molecule has 0 amide bonds. The first-order chi connectivity index (χ1) is 7.30. The minimum atomic E-state index is 0.125. The molecule has 0 aliphatic carbocycles. The molecule has 1 rings (SSSR count). The molecule has 0 spiro atoms. The Balaban J connectivity index is 2.43. The number of benzene rings is 1. The van der Waals surface area contributed by atoms with Gasteiger partial charge in [-0.2, -0.15) is 0 Å². The standard InChI is InChI=1S/C13H21NO/c1-3-13(4-2)14-9-11-5-7-12(10-15)8-6-11/h5-8,13-15H,3-4,9-10H2,1-2H3. The van der Waals surface area contributed by atoms with Gasteiger partial charge in [-0.3, -0.25) is 0 Å². The van der Waals surface area contributed by atoms with E-state index in [1.54, 1.807) is 0 Å². The van der Waals surface area contributed by atoms with Gasteiger partial charge in [0.15, 0.2) is 0 Å². The molecule has 84 valence electrons. The molecule has 15 heavy (non-hydrogen) atoms. The number of hydrogen-bond acceptors (Lipinski definition) is 2. The fraction of sp³-hybridized carbons (Fsp3) is 0.538. The van der Waals surface area contributed by atoms with Gasteiger partial charge >= 0.3 is 0 Å². The highest BCUT2D eigenvalue weighted by molar-refractivity contribution is 5.21. The van der Waals surface area contributed by atoms with Crippen molar-refractivity contribution in [2.45, 2.75) is 45.9 Å². The normalized spacial score (nSPS) is 10.9. The van der Waals surface area contributed by atoms with E-state index in [0.717, 1.165) is 12.1 Å². The molecule has 0 aromatic heterocycles. The zero-order valence-electron chi connectivity index (χ0n) is 9.66. The van der Waals surface area contributed by atoms with Crippen LogP contribution in [0.4, 0.5) is 0 Å². The van der Waals surface area contributed by atoms with Crippen LogP contribution < -0.4 is 5.32 Å². The summed E-state index contributed by atoms with van der Waals surface area (Å²) in [5, 5.41) is 12.4. The minimum absolute atomic E-state index is 0.125. The van der Waals surface area contributed by atoms with Gasteiger partial charge in [0, 0.05) is 12.6 Å². The number of aliphatic hydroxyl groups is 1. The molecule has 0 atom stereocenters. The van der Waals surface area contributed by atoms with E-state index in [0.29, 0.717) is 6.04 Å². The van der Waals surface area contributed by atoms with Gasteiger partial charge in [0.1, 0.15) is 0 Å². The first-order valence-electron chi connectivity index (χ1n) is 5.72. The second-order valence-electron chi connectivity index (χ2n) is 3.87. The van der Waals surface area contributed by atoms with Gasteiger partial charge in [0.2, 0.25) is 0 Å². The average Bonchev–Trinajstić information content (AvgIpc) is 2.31. The predicted octanol–water partition coefficient (Wildman–Crippen LogP) is 2.46. The Morgan fingerprint density at radius 2 is 1.60 bits per heavy atom. The van der Waals surface area contributed by atoms with Gasteiger partial charge in [-0.25, -0.2) is 0 Å². The molecular formula is C13H21NO. The molecule has 1 aromatic rings. The number of aliphatic hydroxyl groups excluding tert-OH is 1. The fourth-order valence-corrected chi connectivity index (χ4v) is 1.60. The molecular weight excluding hydrogens is 186 g/mol. The molecule has 2 N–H and O–H groups in total. The van der Waals surface area contributed by atoms with E-state index < -0.39 is 0 Å². The molecule has 0 aliphatic heterocycles. The van der Waals surface area contributed by atoms with E-state index in [2.05, 4.69) is 31.3 Å². The van der Waals surface area contributed by atoms with Crippen molar-refractivity contribution < 1.29 is 5.11 Å². The summed E-state index contributed by atoms with van der Waals surface area (Å²) >= 11 is 0. The summed E-state index contributed by atoms with van der Waals surface area (Å²) in [4.78, 5) is 0. The van der Waals surface area contributed by atoms with Crippen LogP contribution in [0.25, 0.3) is 0 Å². The van der Waals surface area contributed by atoms with Crippen LogP contribution in [-0.4, -0.2) is 11.1 Å². The maximum Gasteiger partial charge on any atom is 0.0681 e. The van der Waals surface area contributed by atoms with Gasteiger partial charge in [0.05, 0.1) is 6.61 Å². The van der Waals surface area contributed by atoms with E-state index in [4.69, 9.17) is 5.11 Å². The third kappa shape index (κ3) is 4.02. The second-order valence-corrected chi connectivity index (χ2v) is 3.87. The highest BCUT2D eigenvalue weighted by Crippen LogP contribution is 2.05. The van der Waals surface area contributed by atoms with Gasteiger partial charge in [-0.1, -0.05) is 38.1 Å². The zero-order chi connectivity index (χ0) is 11.1. The van der Waals surface area contributed by atoms with Crippen molar-refractivity contribution in [1.29, 1.82) is 0 Å². The highest BCUT2D eigenvalue weighted by atomic mass is 16.3. The molecule has 0 unspecified atom stereocenters. The SMILES string of the molecule is CCC(CC)NCc1ccc(CO)cc1. The Hall–Kier alpha value is -0.860. The van der Waals surface area contributed by atoms with Crippen molar-refractivity contribution in [3.05, 3.63) is 35.4 Å². The van der Waals surface area contributed by atoms with Crippen LogP contribution in [0.15, 0.2) is 24.3 Å². The third-order valence-corrected chi connectivity index (χ3v) is 2.79. The van der Waals surface area contributed by atoms with Gasteiger partial charge < -0.3 is 10.4 Å². The Bertz CT molecular complexity index is 264. The number of rotatable bonds is 6. The van der Waals surface area contributed by atoms with Crippen molar-refractivity contribution in [3.63, 3.8) is 0 Å². The molecule has 1 aromatic carbocycles.